The van der Waals surface area contributed by atoms with Gasteiger partial charge in [-0.25, -0.2) is 9.78 Å². The average Bonchev–Trinajstić information content (AvgIpc) is 2.55. The molecule has 0 saturated carbocycles. The summed E-state index contributed by atoms with van der Waals surface area (Å²) in [5.41, 5.74) is 1.58. The lowest BCUT2D eigenvalue weighted by Crippen LogP contribution is -2.10. The van der Waals surface area contributed by atoms with Crippen molar-refractivity contribution in [3.8, 4) is 5.88 Å². The van der Waals surface area contributed by atoms with Crippen LogP contribution in [-0.4, -0.2) is 24.2 Å². The molecular formula is C18H21NO3S. The van der Waals surface area contributed by atoms with Crippen LogP contribution >= 0.6 is 11.8 Å². The molecule has 0 aliphatic carbocycles. The zero-order chi connectivity index (χ0) is 16.7. The third-order valence-electron chi connectivity index (χ3n) is 3.02. The fourth-order valence-corrected chi connectivity index (χ4v) is 2.66. The van der Waals surface area contributed by atoms with E-state index in [9.17, 15) is 4.79 Å². The summed E-state index contributed by atoms with van der Waals surface area (Å²) >= 11 is 1.53. The summed E-state index contributed by atoms with van der Waals surface area (Å²) < 4.78 is 10.7. The van der Waals surface area contributed by atoms with Crippen molar-refractivity contribution in [1.29, 1.82) is 0 Å². The number of rotatable bonds is 7. The van der Waals surface area contributed by atoms with Crippen LogP contribution in [0.2, 0.25) is 0 Å². The minimum Gasteiger partial charge on any atom is -0.477 e. The van der Waals surface area contributed by atoms with Crippen molar-refractivity contribution < 1.29 is 14.3 Å². The van der Waals surface area contributed by atoms with Crippen molar-refractivity contribution in [2.45, 2.75) is 37.1 Å². The molecule has 1 aromatic heterocycles. The van der Waals surface area contributed by atoms with Gasteiger partial charge in [-0.1, -0.05) is 36.4 Å². The SMILES string of the molecule is CCCOc1nc(Sc2ccc(C)cc2)ccc1C(=O)OCC. The molecule has 0 saturated heterocycles. The molecule has 0 aliphatic heterocycles. The monoisotopic (exact) mass is 331 g/mol. The number of pyridine rings is 1. The second-order valence-corrected chi connectivity index (χ2v) is 6.08. The van der Waals surface area contributed by atoms with Gasteiger partial charge in [-0.3, -0.25) is 0 Å². The maximum Gasteiger partial charge on any atom is 0.343 e. The van der Waals surface area contributed by atoms with Crippen LogP contribution in [0, 0.1) is 6.92 Å². The lowest BCUT2D eigenvalue weighted by atomic mass is 10.2. The molecule has 122 valence electrons. The minimum absolute atomic E-state index is 0.325. The zero-order valence-corrected chi connectivity index (χ0v) is 14.5. The second-order valence-electron chi connectivity index (χ2n) is 4.99. The predicted molar refractivity (Wildman–Crippen MR) is 91.3 cm³/mol. The van der Waals surface area contributed by atoms with E-state index in [1.54, 1.807) is 13.0 Å². The normalized spacial score (nSPS) is 10.4. The van der Waals surface area contributed by atoms with Crippen molar-refractivity contribution in [2.24, 2.45) is 0 Å². The largest absolute Gasteiger partial charge is 0.477 e. The highest BCUT2D eigenvalue weighted by atomic mass is 32.2. The Balaban J connectivity index is 2.23. The second kappa shape index (κ2) is 8.58. The third kappa shape index (κ3) is 4.99. The molecule has 0 N–H and O–H groups in total. The number of aryl methyl sites for hydroxylation is 1. The van der Waals surface area contributed by atoms with Crippen molar-refractivity contribution in [2.75, 3.05) is 13.2 Å². The number of benzene rings is 1. The van der Waals surface area contributed by atoms with E-state index in [4.69, 9.17) is 9.47 Å². The summed E-state index contributed by atoms with van der Waals surface area (Å²) in [6.07, 6.45) is 0.847. The molecule has 4 nitrogen and oxygen atoms in total. The number of carbonyl (C=O) groups excluding carboxylic acids is 1. The number of hydrogen-bond acceptors (Lipinski definition) is 5. The standard InChI is InChI=1S/C18H21NO3S/c1-4-12-22-17-15(18(20)21-5-2)10-11-16(19-17)23-14-8-6-13(3)7-9-14/h6-11H,4-5,12H2,1-3H3. The number of esters is 1. The molecule has 1 heterocycles. The van der Waals surface area contributed by atoms with Crippen molar-refractivity contribution in [3.63, 3.8) is 0 Å². The summed E-state index contributed by atoms with van der Waals surface area (Å²) in [7, 11) is 0. The van der Waals surface area contributed by atoms with E-state index in [1.165, 1.54) is 17.3 Å². The van der Waals surface area contributed by atoms with Crippen LogP contribution in [0.15, 0.2) is 46.3 Å². The molecule has 0 fully saturated rings. The first-order chi connectivity index (χ1) is 11.1. The fourth-order valence-electron chi connectivity index (χ4n) is 1.88. The van der Waals surface area contributed by atoms with Gasteiger partial charge in [-0.2, -0.15) is 0 Å². The number of ether oxygens (including phenoxy) is 2. The molecule has 0 bridgehead atoms. The average molecular weight is 331 g/mol. The molecule has 2 aromatic rings. The van der Waals surface area contributed by atoms with Gasteiger partial charge in [0.2, 0.25) is 5.88 Å². The first-order valence-corrected chi connectivity index (χ1v) is 8.51. The molecule has 0 aliphatic rings. The van der Waals surface area contributed by atoms with E-state index >= 15 is 0 Å². The first-order valence-electron chi connectivity index (χ1n) is 7.69. The quantitative estimate of drug-likeness (QED) is 0.699. The van der Waals surface area contributed by atoms with Crippen molar-refractivity contribution >= 4 is 17.7 Å². The molecule has 0 unspecified atom stereocenters. The maximum atomic E-state index is 12.0. The predicted octanol–water partition coefficient (Wildman–Crippen LogP) is 4.51. The highest BCUT2D eigenvalue weighted by Crippen LogP contribution is 2.29. The van der Waals surface area contributed by atoms with Gasteiger partial charge in [0.15, 0.2) is 0 Å². The Morgan fingerprint density at radius 3 is 2.52 bits per heavy atom. The van der Waals surface area contributed by atoms with E-state index < -0.39 is 5.97 Å². The highest BCUT2D eigenvalue weighted by Gasteiger charge is 2.16. The van der Waals surface area contributed by atoms with Crippen LogP contribution in [0.5, 0.6) is 5.88 Å². The van der Waals surface area contributed by atoms with Gasteiger partial charge in [-0.05, 0) is 44.5 Å². The zero-order valence-electron chi connectivity index (χ0n) is 13.7. The molecule has 23 heavy (non-hydrogen) atoms. The minimum atomic E-state index is -0.405. The first kappa shape index (κ1) is 17.3. The Morgan fingerprint density at radius 2 is 1.87 bits per heavy atom. The summed E-state index contributed by atoms with van der Waals surface area (Å²) in [5, 5.41) is 0.785. The molecule has 0 radical (unpaired) electrons. The maximum absolute atomic E-state index is 12.0. The highest BCUT2D eigenvalue weighted by molar-refractivity contribution is 7.99. The van der Waals surface area contributed by atoms with Crippen molar-refractivity contribution in [3.05, 3.63) is 47.5 Å². The van der Waals surface area contributed by atoms with Gasteiger partial charge in [-0.15, -0.1) is 0 Å². The molecule has 5 heteroatoms. The van der Waals surface area contributed by atoms with Gasteiger partial charge >= 0.3 is 5.97 Å². The van der Waals surface area contributed by atoms with Gasteiger partial charge < -0.3 is 9.47 Å². The van der Waals surface area contributed by atoms with Crippen LogP contribution in [-0.2, 0) is 4.74 Å². The molecule has 0 atom stereocenters. The number of hydrogen-bond donors (Lipinski definition) is 0. The summed E-state index contributed by atoms with van der Waals surface area (Å²) in [6.45, 7) is 6.68. The topological polar surface area (TPSA) is 48.4 Å². The smallest absolute Gasteiger partial charge is 0.343 e. The van der Waals surface area contributed by atoms with E-state index in [2.05, 4.69) is 24.0 Å². The van der Waals surface area contributed by atoms with E-state index in [-0.39, 0.29) is 0 Å². The Bertz CT molecular complexity index is 656. The molecule has 0 amide bonds. The fraction of sp³-hybridized carbons (Fsp3) is 0.333. The summed E-state index contributed by atoms with van der Waals surface area (Å²) in [6, 6.07) is 11.7. The van der Waals surface area contributed by atoms with E-state index in [0.29, 0.717) is 24.7 Å². The van der Waals surface area contributed by atoms with Crippen molar-refractivity contribution in [1.82, 2.24) is 4.98 Å². The van der Waals surface area contributed by atoms with Gasteiger partial charge in [0.1, 0.15) is 10.6 Å². The van der Waals surface area contributed by atoms with Gasteiger partial charge in [0.05, 0.1) is 13.2 Å². The molecule has 1 aromatic carbocycles. The summed E-state index contributed by atoms with van der Waals surface area (Å²) in [5.74, 6) is -0.0691. The van der Waals surface area contributed by atoms with E-state index in [0.717, 1.165) is 16.3 Å². The molecule has 0 spiro atoms. The van der Waals surface area contributed by atoms with Crippen LogP contribution in [0.4, 0.5) is 0 Å². The Kier molecular flexibility index (Phi) is 6.47. The number of nitrogens with zero attached hydrogens (tertiary/aromatic N) is 1. The Labute approximate surface area is 141 Å². The Hall–Kier alpha value is -2.01. The number of carbonyl (C=O) groups is 1. The molecule has 2 rings (SSSR count). The van der Waals surface area contributed by atoms with E-state index in [1.807, 2.05) is 25.1 Å². The van der Waals surface area contributed by atoms with Gasteiger partial charge in [0, 0.05) is 4.90 Å². The Morgan fingerprint density at radius 1 is 1.13 bits per heavy atom. The third-order valence-corrected chi connectivity index (χ3v) is 3.96. The summed E-state index contributed by atoms with van der Waals surface area (Å²) in [4.78, 5) is 17.5. The van der Waals surface area contributed by atoms with Crippen LogP contribution in [0.3, 0.4) is 0 Å². The molecular weight excluding hydrogens is 310 g/mol. The number of aromatic nitrogens is 1. The lowest BCUT2D eigenvalue weighted by Gasteiger charge is -2.11. The van der Waals surface area contributed by atoms with Crippen LogP contribution in [0.25, 0.3) is 0 Å². The van der Waals surface area contributed by atoms with Crippen LogP contribution in [0.1, 0.15) is 36.2 Å². The van der Waals surface area contributed by atoms with Gasteiger partial charge in [0.25, 0.3) is 0 Å². The van der Waals surface area contributed by atoms with Crippen LogP contribution < -0.4 is 4.74 Å². The lowest BCUT2D eigenvalue weighted by molar-refractivity contribution is 0.0520.